The minimum absolute atomic E-state index is 0.0376. The zero-order valence-electron chi connectivity index (χ0n) is 6.14. The average Bonchev–Trinajstić information content (AvgIpc) is 2.01. The number of hydrogen-bond donors (Lipinski definition) is 0. The van der Waals surface area contributed by atoms with Gasteiger partial charge in [-0.05, 0) is 46.3 Å². The number of nitrogens with zero attached hydrogens (tertiary/aromatic N) is 1. The topological polar surface area (TPSA) is 40.9 Å². The van der Waals surface area contributed by atoms with Crippen molar-refractivity contribution in [2.45, 2.75) is 0 Å². The van der Waals surface area contributed by atoms with E-state index in [4.69, 9.17) is 16.9 Å². The Bertz CT molecular complexity index is 413. The molecule has 0 amide bonds. The van der Waals surface area contributed by atoms with Crippen molar-refractivity contribution in [3.8, 4) is 6.07 Å². The van der Waals surface area contributed by atoms with Gasteiger partial charge in [-0.25, -0.2) is 4.39 Å². The van der Waals surface area contributed by atoms with E-state index < -0.39 is 11.1 Å². The summed E-state index contributed by atoms with van der Waals surface area (Å²) in [5.74, 6) is -0.553. The minimum Gasteiger partial charge on any atom is -0.276 e. The van der Waals surface area contributed by atoms with Gasteiger partial charge in [0.05, 0.1) is 11.1 Å². The second kappa shape index (κ2) is 4.03. The highest BCUT2D eigenvalue weighted by atomic mass is 127. The third-order valence-electron chi connectivity index (χ3n) is 1.37. The second-order valence-electron chi connectivity index (χ2n) is 2.20. The summed E-state index contributed by atoms with van der Waals surface area (Å²) in [5, 5.41) is 7.84. The lowest BCUT2D eigenvalue weighted by molar-refractivity contribution is 0.108. The van der Waals surface area contributed by atoms with Crippen molar-refractivity contribution in [2.24, 2.45) is 0 Å². The maximum absolute atomic E-state index is 12.7. The Morgan fingerprint density at radius 1 is 1.62 bits per heavy atom. The van der Waals surface area contributed by atoms with Crippen molar-refractivity contribution < 1.29 is 9.18 Å². The summed E-state index contributed by atoms with van der Waals surface area (Å²) in [6, 6.07) is 3.84. The molecule has 0 heterocycles. The number of carbonyl (C=O) groups is 1. The summed E-state index contributed by atoms with van der Waals surface area (Å²) >= 11 is 6.98. The van der Waals surface area contributed by atoms with Gasteiger partial charge in [0.2, 0.25) is 0 Å². The first-order valence-corrected chi connectivity index (χ1v) is 4.61. The number of rotatable bonds is 1. The molecule has 5 heteroatoms. The molecule has 1 rings (SSSR count). The number of halogens is 3. The Labute approximate surface area is 92.4 Å². The van der Waals surface area contributed by atoms with E-state index in [2.05, 4.69) is 0 Å². The molecule has 0 aliphatic heterocycles. The van der Waals surface area contributed by atoms with E-state index in [0.717, 1.165) is 12.1 Å². The minimum atomic E-state index is -0.749. The maximum atomic E-state index is 12.7. The van der Waals surface area contributed by atoms with Crippen LogP contribution in [0.2, 0.25) is 0 Å². The highest BCUT2D eigenvalue weighted by molar-refractivity contribution is 14.1. The van der Waals surface area contributed by atoms with Crippen LogP contribution in [0, 0.1) is 20.7 Å². The average molecular weight is 309 g/mol. The molecule has 0 aliphatic rings. The van der Waals surface area contributed by atoms with Gasteiger partial charge < -0.3 is 0 Å². The van der Waals surface area contributed by atoms with Crippen molar-refractivity contribution in [3.63, 3.8) is 0 Å². The molecule has 0 saturated carbocycles. The molecule has 1 aromatic rings. The van der Waals surface area contributed by atoms with Crippen molar-refractivity contribution in [1.29, 1.82) is 5.26 Å². The van der Waals surface area contributed by atoms with E-state index in [1.807, 2.05) is 0 Å². The smallest absolute Gasteiger partial charge is 0.254 e. The third-order valence-corrected chi connectivity index (χ3v) is 2.41. The molecule has 66 valence electrons. The van der Waals surface area contributed by atoms with Crippen LogP contribution in [0.5, 0.6) is 0 Å². The molecule has 0 bridgehead atoms. The first-order valence-electron chi connectivity index (χ1n) is 3.15. The Kier molecular flexibility index (Phi) is 3.22. The van der Waals surface area contributed by atoms with Gasteiger partial charge in [-0.15, -0.1) is 0 Å². The molecule has 0 aliphatic carbocycles. The van der Waals surface area contributed by atoms with E-state index >= 15 is 0 Å². The van der Waals surface area contributed by atoms with E-state index in [-0.39, 0.29) is 11.1 Å². The fraction of sp³-hybridized carbons (Fsp3) is 0. The van der Waals surface area contributed by atoms with Crippen molar-refractivity contribution in [1.82, 2.24) is 0 Å². The van der Waals surface area contributed by atoms with Crippen LogP contribution in [0.25, 0.3) is 0 Å². The normalized spacial score (nSPS) is 9.38. The SMILES string of the molecule is N#Cc1cc(F)cc(I)c1C(=O)Cl. The van der Waals surface area contributed by atoms with Crippen molar-refractivity contribution in [3.05, 3.63) is 32.6 Å². The zero-order valence-corrected chi connectivity index (χ0v) is 9.06. The second-order valence-corrected chi connectivity index (χ2v) is 3.70. The fourth-order valence-electron chi connectivity index (χ4n) is 0.862. The van der Waals surface area contributed by atoms with Gasteiger partial charge in [0.15, 0.2) is 0 Å². The zero-order chi connectivity index (χ0) is 10.0. The van der Waals surface area contributed by atoms with Crippen LogP contribution < -0.4 is 0 Å². The van der Waals surface area contributed by atoms with Crippen LogP contribution in [0.1, 0.15) is 15.9 Å². The van der Waals surface area contributed by atoms with Crippen LogP contribution in [-0.2, 0) is 0 Å². The van der Waals surface area contributed by atoms with Crippen molar-refractivity contribution in [2.75, 3.05) is 0 Å². The molecular formula is C8H2ClFINO. The van der Waals surface area contributed by atoms with Crippen LogP contribution in [0.4, 0.5) is 4.39 Å². The van der Waals surface area contributed by atoms with Crippen LogP contribution >= 0.6 is 34.2 Å². The number of carbonyl (C=O) groups excluding carboxylic acids is 1. The Morgan fingerprint density at radius 2 is 2.23 bits per heavy atom. The summed E-state index contributed by atoms with van der Waals surface area (Å²) < 4.78 is 13.1. The Morgan fingerprint density at radius 3 is 2.69 bits per heavy atom. The lowest BCUT2D eigenvalue weighted by atomic mass is 10.1. The molecule has 0 N–H and O–H groups in total. The van der Waals surface area contributed by atoms with Crippen LogP contribution in [-0.4, -0.2) is 5.24 Å². The molecule has 2 nitrogen and oxygen atoms in total. The van der Waals surface area contributed by atoms with Crippen LogP contribution in [0.15, 0.2) is 12.1 Å². The first-order chi connectivity index (χ1) is 6.06. The number of benzene rings is 1. The van der Waals surface area contributed by atoms with Gasteiger partial charge in [-0.3, -0.25) is 4.79 Å². The van der Waals surface area contributed by atoms with Gasteiger partial charge in [-0.2, -0.15) is 5.26 Å². The van der Waals surface area contributed by atoms with E-state index in [1.165, 1.54) is 0 Å². The predicted octanol–water partition coefficient (Wildman–Crippen LogP) is 2.68. The van der Waals surface area contributed by atoms with E-state index in [0.29, 0.717) is 3.57 Å². The molecule has 1 aromatic carbocycles. The largest absolute Gasteiger partial charge is 0.276 e. The Hall–Kier alpha value is -0.670. The fourth-order valence-corrected chi connectivity index (χ4v) is 2.06. The molecule has 0 spiro atoms. The summed E-state index contributed by atoms with van der Waals surface area (Å²) in [4.78, 5) is 10.8. The highest BCUT2D eigenvalue weighted by Crippen LogP contribution is 2.20. The van der Waals surface area contributed by atoms with Crippen molar-refractivity contribution >= 4 is 39.4 Å². The molecule has 13 heavy (non-hydrogen) atoms. The lowest BCUT2D eigenvalue weighted by Gasteiger charge is -2.00. The van der Waals surface area contributed by atoms with Gasteiger partial charge in [-0.1, -0.05) is 0 Å². The quantitative estimate of drug-likeness (QED) is 0.591. The van der Waals surface area contributed by atoms with E-state index in [1.54, 1.807) is 28.7 Å². The summed E-state index contributed by atoms with van der Waals surface area (Å²) in [6.07, 6.45) is 0. The number of hydrogen-bond acceptors (Lipinski definition) is 2. The first kappa shape index (κ1) is 10.4. The third kappa shape index (κ3) is 2.17. The standard InChI is InChI=1S/C8H2ClFINO/c9-8(13)7-4(3-12)1-5(10)2-6(7)11/h1-2H. The van der Waals surface area contributed by atoms with Gasteiger partial charge >= 0.3 is 0 Å². The summed E-state index contributed by atoms with van der Waals surface area (Å²) in [6.45, 7) is 0. The molecule has 0 unspecified atom stereocenters. The molecular weight excluding hydrogens is 307 g/mol. The maximum Gasteiger partial charge on any atom is 0.254 e. The lowest BCUT2D eigenvalue weighted by Crippen LogP contribution is -1.99. The molecule has 0 atom stereocenters. The van der Waals surface area contributed by atoms with Gasteiger partial charge in [0, 0.05) is 3.57 Å². The van der Waals surface area contributed by atoms with E-state index in [9.17, 15) is 9.18 Å². The molecule has 0 aromatic heterocycles. The summed E-state index contributed by atoms with van der Waals surface area (Å²) in [5.41, 5.74) is 0.0237. The summed E-state index contributed by atoms with van der Waals surface area (Å²) in [7, 11) is 0. The molecule has 0 saturated heterocycles. The molecule has 0 radical (unpaired) electrons. The van der Waals surface area contributed by atoms with Crippen LogP contribution in [0.3, 0.4) is 0 Å². The predicted molar refractivity (Wildman–Crippen MR) is 54.0 cm³/mol. The highest BCUT2D eigenvalue weighted by Gasteiger charge is 2.14. The van der Waals surface area contributed by atoms with Gasteiger partial charge in [0.25, 0.3) is 5.24 Å². The number of nitriles is 1. The van der Waals surface area contributed by atoms with Gasteiger partial charge in [0.1, 0.15) is 11.9 Å². The Balaban J connectivity index is 3.50. The molecule has 0 fully saturated rings. The monoisotopic (exact) mass is 309 g/mol.